The number of nitrogens with one attached hydrogen (secondary N) is 3. The highest BCUT2D eigenvalue weighted by atomic mass is 16.5. The van der Waals surface area contributed by atoms with E-state index in [1.807, 2.05) is 43.3 Å². The number of rotatable bonds is 10. The van der Waals surface area contributed by atoms with Gasteiger partial charge in [-0.2, -0.15) is 0 Å². The van der Waals surface area contributed by atoms with Gasteiger partial charge in [0.25, 0.3) is 0 Å². The first-order valence-electron chi connectivity index (χ1n) is 10.8. The molecule has 1 aliphatic carbocycles. The Morgan fingerprint density at radius 2 is 1.94 bits per heavy atom. The molecule has 1 amide bonds. The number of methoxy groups -OCH3 is 1. The summed E-state index contributed by atoms with van der Waals surface area (Å²) in [4.78, 5) is 16.1. The number of anilines is 1. The molecule has 0 unspecified atom stereocenters. The summed E-state index contributed by atoms with van der Waals surface area (Å²) in [7, 11) is 1.58. The number of carbonyl (C=O) groups is 1. The Labute approximate surface area is 184 Å². The third kappa shape index (κ3) is 7.20. The van der Waals surface area contributed by atoms with Crippen molar-refractivity contribution < 1.29 is 14.3 Å². The number of amides is 1. The van der Waals surface area contributed by atoms with Gasteiger partial charge in [0.2, 0.25) is 5.91 Å². The highest BCUT2D eigenvalue weighted by molar-refractivity contribution is 5.90. The summed E-state index contributed by atoms with van der Waals surface area (Å²) in [6, 6.07) is 13.8. The fourth-order valence-electron chi connectivity index (χ4n) is 3.11. The second-order valence-corrected chi connectivity index (χ2v) is 7.63. The molecule has 0 aliphatic heterocycles. The van der Waals surface area contributed by atoms with E-state index in [2.05, 4.69) is 27.0 Å². The van der Waals surface area contributed by atoms with E-state index in [-0.39, 0.29) is 5.91 Å². The van der Waals surface area contributed by atoms with Crippen LogP contribution >= 0.6 is 0 Å². The maximum Gasteiger partial charge on any atom is 0.221 e. The quantitative estimate of drug-likeness (QED) is 0.400. The number of hydrogen-bond acceptors (Lipinski definition) is 4. The van der Waals surface area contributed by atoms with E-state index in [0.717, 1.165) is 36.0 Å². The van der Waals surface area contributed by atoms with Crippen LogP contribution in [0.4, 0.5) is 5.69 Å². The van der Waals surface area contributed by atoms with Crippen LogP contribution in [-0.2, 0) is 17.9 Å². The summed E-state index contributed by atoms with van der Waals surface area (Å²) in [5.74, 6) is 2.84. The number of aliphatic imine (C=N–C) groups is 1. The van der Waals surface area contributed by atoms with Gasteiger partial charge in [0.15, 0.2) is 5.96 Å². The third-order valence-electron chi connectivity index (χ3n) is 4.93. The molecule has 0 atom stereocenters. The minimum Gasteiger partial charge on any atom is -0.495 e. The molecule has 31 heavy (non-hydrogen) atoms. The normalized spacial score (nSPS) is 13.5. The zero-order valence-electron chi connectivity index (χ0n) is 18.5. The van der Waals surface area contributed by atoms with E-state index < -0.39 is 0 Å². The Morgan fingerprint density at radius 3 is 2.65 bits per heavy atom. The molecule has 0 spiro atoms. The second-order valence-electron chi connectivity index (χ2n) is 7.63. The summed E-state index contributed by atoms with van der Waals surface area (Å²) in [5.41, 5.74) is 2.71. The van der Waals surface area contributed by atoms with Gasteiger partial charge in [0.05, 0.1) is 25.9 Å². The first-order valence-corrected chi connectivity index (χ1v) is 10.8. The molecule has 0 bridgehead atoms. The standard InChI is InChI=1S/C24H32N4O3/c1-4-25-24(26-14-19-11-12-23(30-3)21(13-19)28-17(2)29)27-15-20-7-5-6-8-22(20)31-16-18-9-10-18/h5-8,11-13,18H,4,9-10,14-16H2,1-3H3,(H,28,29)(H2,25,26,27). The monoisotopic (exact) mass is 424 g/mol. The molecule has 0 radical (unpaired) electrons. The number of nitrogens with zero attached hydrogens (tertiary/aromatic N) is 1. The van der Waals surface area contributed by atoms with Crippen molar-refractivity contribution in [3.63, 3.8) is 0 Å². The van der Waals surface area contributed by atoms with Crippen molar-refractivity contribution >= 4 is 17.6 Å². The van der Waals surface area contributed by atoms with Gasteiger partial charge in [-0.25, -0.2) is 4.99 Å². The summed E-state index contributed by atoms with van der Waals surface area (Å²) in [5, 5.41) is 9.46. The van der Waals surface area contributed by atoms with Gasteiger partial charge in [0, 0.05) is 25.6 Å². The Hall–Kier alpha value is -3.22. The molecule has 2 aromatic carbocycles. The molecule has 1 fully saturated rings. The van der Waals surface area contributed by atoms with Gasteiger partial charge in [-0.15, -0.1) is 0 Å². The smallest absolute Gasteiger partial charge is 0.221 e. The van der Waals surface area contributed by atoms with Crippen molar-refractivity contribution in [1.29, 1.82) is 0 Å². The minimum absolute atomic E-state index is 0.142. The lowest BCUT2D eigenvalue weighted by Crippen LogP contribution is -2.36. The van der Waals surface area contributed by atoms with Gasteiger partial charge in [0.1, 0.15) is 11.5 Å². The van der Waals surface area contributed by atoms with Gasteiger partial charge in [-0.3, -0.25) is 4.79 Å². The Morgan fingerprint density at radius 1 is 1.13 bits per heavy atom. The predicted octanol–water partition coefficient (Wildman–Crippen LogP) is 3.70. The first-order chi connectivity index (χ1) is 15.1. The molecule has 7 nitrogen and oxygen atoms in total. The molecule has 0 aromatic heterocycles. The Bertz CT molecular complexity index is 909. The summed E-state index contributed by atoms with van der Waals surface area (Å²) in [6.07, 6.45) is 2.54. The third-order valence-corrected chi connectivity index (χ3v) is 4.93. The van der Waals surface area contributed by atoms with Crippen LogP contribution in [0.5, 0.6) is 11.5 Å². The van der Waals surface area contributed by atoms with E-state index in [1.54, 1.807) is 7.11 Å². The highest BCUT2D eigenvalue weighted by Crippen LogP contribution is 2.30. The molecule has 3 rings (SSSR count). The molecule has 0 heterocycles. The number of hydrogen-bond donors (Lipinski definition) is 3. The molecular formula is C24H32N4O3. The van der Waals surface area contributed by atoms with Crippen LogP contribution in [-0.4, -0.2) is 32.1 Å². The summed E-state index contributed by atoms with van der Waals surface area (Å²) in [6.45, 7) is 6.14. The van der Waals surface area contributed by atoms with Crippen molar-refractivity contribution in [2.24, 2.45) is 10.9 Å². The maximum atomic E-state index is 11.5. The molecule has 3 N–H and O–H groups in total. The number of ether oxygens (including phenoxy) is 2. The maximum absolute atomic E-state index is 11.5. The number of benzene rings is 2. The van der Waals surface area contributed by atoms with Crippen LogP contribution in [0.1, 0.15) is 37.8 Å². The molecule has 166 valence electrons. The fourth-order valence-corrected chi connectivity index (χ4v) is 3.11. The van der Waals surface area contributed by atoms with Crippen LogP contribution in [0.25, 0.3) is 0 Å². The molecule has 0 saturated heterocycles. The van der Waals surface area contributed by atoms with Crippen LogP contribution in [0.15, 0.2) is 47.5 Å². The average molecular weight is 425 g/mol. The average Bonchev–Trinajstić information content (AvgIpc) is 3.59. The minimum atomic E-state index is -0.142. The largest absolute Gasteiger partial charge is 0.495 e. The van der Waals surface area contributed by atoms with E-state index in [4.69, 9.17) is 9.47 Å². The van der Waals surface area contributed by atoms with Crippen LogP contribution in [0, 0.1) is 5.92 Å². The summed E-state index contributed by atoms with van der Waals surface area (Å²) >= 11 is 0. The van der Waals surface area contributed by atoms with Crippen LogP contribution in [0.2, 0.25) is 0 Å². The molecule has 1 saturated carbocycles. The SMILES string of the molecule is CCNC(=NCc1ccc(OC)c(NC(C)=O)c1)NCc1ccccc1OCC1CC1. The van der Waals surface area contributed by atoms with E-state index >= 15 is 0 Å². The first kappa shape index (κ1) is 22.5. The van der Waals surface area contributed by atoms with Crippen LogP contribution < -0.4 is 25.4 Å². The van der Waals surface area contributed by atoms with Gasteiger partial charge in [-0.05, 0) is 49.4 Å². The zero-order chi connectivity index (χ0) is 22.1. The molecule has 2 aromatic rings. The highest BCUT2D eigenvalue weighted by Gasteiger charge is 2.22. The lowest BCUT2D eigenvalue weighted by Gasteiger charge is -2.15. The van der Waals surface area contributed by atoms with Gasteiger partial charge in [-0.1, -0.05) is 24.3 Å². The Balaban J connectivity index is 1.65. The molecular weight excluding hydrogens is 392 g/mol. The van der Waals surface area contributed by atoms with Crippen molar-refractivity contribution in [1.82, 2.24) is 10.6 Å². The van der Waals surface area contributed by atoms with Crippen molar-refractivity contribution in [3.8, 4) is 11.5 Å². The second kappa shape index (κ2) is 11.2. The number of carbonyl (C=O) groups excluding carboxylic acids is 1. The van der Waals surface area contributed by atoms with Gasteiger partial charge < -0.3 is 25.4 Å². The van der Waals surface area contributed by atoms with Crippen molar-refractivity contribution in [2.75, 3.05) is 25.6 Å². The predicted molar refractivity (Wildman–Crippen MR) is 124 cm³/mol. The van der Waals surface area contributed by atoms with E-state index in [1.165, 1.54) is 19.8 Å². The number of para-hydroxylation sites is 1. The topological polar surface area (TPSA) is 84.0 Å². The van der Waals surface area contributed by atoms with Gasteiger partial charge >= 0.3 is 0 Å². The van der Waals surface area contributed by atoms with Crippen molar-refractivity contribution in [3.05, 3.63) is 53.6 Å². The van der Waals surface area contributed by atoms with E-state index in [0.29, 0.717) is 30.4 Å². The fraction of sp³-hybridized carbons (Fsp3) is 0.417. The number of guanidine groups is 1. The zero-order valence-corrected chi connectivity index (χ0v) is 18.5. The molecule has 1 aliphatic rings. The lowest BCUT2D eigenvalue weighted by molar-refractivity contribution is -0.114. The van der Waals surface area contributed by atoms with E-state index in [9.17, 15) is 4.79 Å². The molecule has 7 heteroatoms. The van der Waals surface area contributed by atoms with Crippen molar-refractivity contribution in [2.45, 2.75) is 39.8 Å². The lowest BCUT2D eigenvalue weighted by atomic mass is 10.2. The van der Waals surface area contributed by atoms with Crippen LogP contribution in [0.3, 0.4) is 0 Å². The summed E-state index contributed by atoms with van der Waals surface area (Å²) < 4.78 is 11.3. The Kier molecular flexibility index (Phi) is 8.15.